The van der Waals surface area contributed by atoms with Crippen LogP contribution in [0.1, 0.15) is 18.9 Å². The lowest BCUT2D eigenvalue weighted by Crippen LogP contribution is -2.52. The van der Waals surface area contributed by atoms with Gasteiger partial charge in [0.25, 0.3) is 0 Å². The van der Waals surface area contributed by atoms with Gasteiger partial charge in [-0.2, -0.15) is 11.8 Å². The molecule has 23 heavy (non-hydrogen) atoms. The summed E-state index contributed by atoms with van der Waals surface area (Å²) in [5, 5.41) is 14.3. The monoisotopic (exact) mass is 338 g/mol. The summed E-state index contributed by atoms with van der Waals surface area (Å²) in [6.45, 7) is 1.33. The molecule has 0 aliphatic heterocycles. The standard InChI is InChI=1S/C16H22N2O4S/c1-11(19)17-14(10-12-6-4-3-5-7-12)15(20)18-13(16(21)22)8-9-23-2/h3-7,13-14H,8-10H2,1-2H3,(H,17,19)(H,18,20)(H,21,22). The number of carbonyl (C=O) groups is 3. The minimum Gasteiger partial charge on any atom is -0.480 e. The number of carbonyl (C=O) groups excluding carboxylic acids is 2. The molecule has 0 heterocycles. The predicted octanol–water partition coefficient (Wildman–Crippen LogP) is 1.06. The number of thioether (sulfide) groups is 1. The SMILES string of the molecule is CSCCC(NC(=O)C(Cc1ccccc1)NC(C)=O)C(=O)O. The summed E-state index contributed by atoms with van der Waals surface area (Å²) in [5.74, 6) is -1.27. The number of benzene rings is 1. The van der Waals surface area contributed by atoms with E-state index in [2.05, 4.69) is 10.6 Å². The lowest BCUT2D eigenvalue weighted by Gasteiger charge is -2.21. The molecule has 1 rings (SSSR count). The molecule has 0 saturated heterocycles. The minimum absolute atomic E-state index is 0.307. The summed E-state index contributed by atoms with van der Waals surface area (Å²) in [6, 6.07) is 7.50. The summed E-state index contributed by atoms with van der Waals surface area (Å²) in [4.78, 5) is 34.9. The number of nitrogens with one attached hydrogen (secondary N) is 2. The molecule has 0 radical (unpaired) electrons. The normalized spacial score (nSPS) is 13.0. The Balaban J connectivity index is 2.77. The molecule has 0 aliphatic rings. The van der Waals surface area contributed by atoms with Crippen LogP contribution in [0.3, 0.4) is 0 Å². The van der Waals surface area contributed by atoms with Crippen molar-refractivity contribution >= 4 is 29.5 Å². The van der Waals surface area contributed by atoms with Gasteiger partial charge in [-0.05, 0) is 24.0 Å². The first-order valence-corrected chi connectivity index (χ1v) is 8.66. The molecule has 2 amide bonds. The minimum atomic E-state index is -1.08. The van der Waals surface area contributed by atoms with Crippen LogP contribution in [0.2, 0.25) is 0 Å². The third-order valence-corrected chi connectivity index (χ3v) is 3.85. The van der Waals surface area contributed by atoms with Gasteiger partial charge in [-0.3, -0.25) is 9.59 Å². The zero-order valence-corrected chi connectivity index (χ0v) is 14.1. The molecule has 3 N–H and O–H groups in total. The predicted molar refractivity (Wildman–Crippen MR) is 90.3 cm³/mol. The Morgan fingerprint density at radius 1 is 1.13 bits per heavy atom. The highest BCUT2D eigenvalue weighted by molar-refractivity contribution is 7.98. The summed E-state index contributed by atoms with van der Waals surface area (Å²) < 4.78 is 0. The number of carboxylic acid groups (broad SMARTS) is 1. The number of hydrogen-bond acceptors (Lipinski definition) is 4. The van der Waals surface area contributed by atoms with Gasteiger partial charge in [0.2, 0.25) is 11.8 Å². The number of rotatable bonds is 9. The van der Waals surface area contributed by atoms with Crippen LogP contribution in [-0.4, -0.2) is 47.0 Å². The van der Waals surface area contributed by atoms with Crippen LogP contribution in [-0.2, 0) is 20.8 Å². The van der Waals surface area contributed by atoms with E-state index >= 15 is 0 Å². The Labute approximate surface area is 140 Å². The van der Waals surface area contributed by atoms with Crippen LogP contribution in [0, 0.1) is 0 Å². The van der Waals surface area contributed by atoms with E-state index in [1.165, 1.54) is 18.7 Å². The van der Waals surface area contributed by atoms with Crippen molar-refractivity contribution < 1.29 is 19.5 Å². The maximum Gasteiger partial charge on any atom is 0.326 e. The molecule has 6 nitrogen and oxygen atoms in total. The molecule has 0 saturated carbocycles. The van der Waals surface area contributed by atoms with Crippen molar-refractivity contribution in [2.24, 2.45) is 0 Å². The molecule has 1 aromatic carbocycles. The Kier molecular flexibility index (Phi) is 8.18. The second-order valence-electron chi connectivity index (χ2n) is 5.12. The molecule has 0 spiro atoms. The number of carboxylic acids is 1. The quantitative estimate of drug-likeness (QED) is 0.626. The van der Waals surface area contributed by atoms with Crippen molar-refractivity contribution in [1.82, 2.24) is 10.6 Å². The second-order valence-corrected chi connectivity index (χ2v) is 6.11. The van der Waals surface area contributed by atoms with Gasteiger partial charge in [-0.15, -0.1) is 0 Å². The molecule has 0 fully saturated rings. The fraction of sp³-hybridized carbons (Fsp3) is 0.438. The van der Waals surface area contributed by atoms with Gasteiger partial charge >= 0.3 is 5.97 Å². The van der Waals surface area contributed by atoms with Crippen molar-refractivity contribution in [3.63, 3.8) is 0 Å². The highest BCUT2D eigenvalue weighted by Crippen LogP contribution is 2.06. The summed E-state index contributed by atoms with van der Waals surface area (Å²) in [6.07, 6.45) is 2.51. The van der Waals surface area contributed by atoms with Gasteiger partial charge in [-0.25, -0.2) is 4.79 Å². The smallest absolute Gasteiger partial charge is 0.326 e. The summed E-state index contributed by atoms with van der Waals surface area (Å²) in [5.41, 5.74) is 0.886. The first kappa shape index (κ1) is 19.0. The van der Waals surface area contributed by atoms with Crippen LogP contribution in [0.4, 0.5) is 0 Å². The fourth-order valence-corrected chi connectivity index (χ4v) is 2.54. The van der Waals surface area contributed by atoms with Gasteiger partial charge in [0.05, 0.1) is 0 Å². The van der Waals surface area contributed by atoms with Crippen molar-refractivity contribution in [3.05, 3.63) is 35.9 Å². The zero-order valence-electron chi connectivity index (χ0n) is 13.2. The van der Waals surface area contributed by atoms with Crippen molar-refractivity contribution in [3.8, 4) is 0 Å². The largest absolute Gasteiger partial charge is 0.480 e. The Hall–Kier alpha value is -2.02. The molecule has 1 aromatic rings. The number of aliphatic carboxylic acids is 1. The molecule has 0 bridgehead atoms. The van der Waals surface area contributed by atoms with Crippen LogP contribution in [0.25, 0.3) is 0 Å². The number of hydrogen-bond donors (Lipinski definition) is 3. The van der Waals surface area contributed by atoms with Crippen molar-refractivity contribution in [1.29, 1.82) is 0 Å². The topological polar surface area (TPSA) is 95.5 Å². The third-order valence-electron chi connectivity index (χ3n) is 3.20. The van der Waals surface area contributed by atoms with Crippen LogP contribution < -0.4 is 10.6 Å². The van der Waals surface area contributed by atoms with E-state index < -0.39 is 24.0 Å². The lowest BCUT2D eigenvalue weighted by atomic mass is 10.0. The van der Waals surface area contributed by atoms with E-state index in [1.54, 1.807) is 0 Å². The average Bonchev–Trinajstić information content (AvgIpc) is 2.50. The lowest BCUT2D eigenvalue weighted by molar-refractivity contribution is -0.142. The van der Waals surface area contributed by atoms with E-state index in [0.29, 0.717) is 18.6 Å². The van der Waals surface area contributed by atoms with E-state index in [-0.39, 0.29) is 5.91 Å². The molecule has 0 aromatic heterocycles. The van der Waals surface area contributed by atoms with Gasteiger partial charge in [0.1, 0.15) is 12.1 Å². The number of amides is 2. The first-order chi connectivity index (χ1) is 10.9. The highest BCUT2D eigenvalue weighted by atomic mass is 32.2. The molecular weight excluding hydrogens is 316 g/mol. The van der Waals surface area contributed by atoms with E-state index in [9.17, 15) is 19.5 Å². The van der Waals surface area contributed by atoms with Crippen molar-refractivity contribution in [2.75, 3.05) is 12.0 Å². The fourth-order valence-electron chi connectivity index (χ4n) is 2.07. The highest BCUT2D eigenvalue weighted by Gasteiger charge is 2.25. The zero-order chi connectivity index (χ0) is 17.2. The summed E-state index contributed by atoms with van der Waals surface area (Å²) in [7, 11) is 0. The average molecular weight is 338 g/mol. The molecule has 2 unspecified atom stereocenters. The molecule has 2 atom stereocenters. The first-order valence-electron chi connectivity index (χ1n) is 7.27. The molecule has 7 heteroatoms. The summed E-state index contributed by atoms with van der Waals surface area (Å²) >= 11 is 1.51. The Bertz CT molecular complexity index is 536. The second kappa shape index (κ2) is 9.89. The van der Waals surface area contributed by atoms with E-state index in [0.717, 1.165) is 5.56 Å². The maximum atomic E-state index is 12.4. The van der Waals surface area contributed by atoms with E-state index in [1.807, 2.05) is 36.6 Å². The van der Waals surface area contributed by atoms with Crippen molar-refractivity contribution in [2.45, 2.75) is 31.8 Å². The Morgan fingerprint density at radius 2 is 1.78 bits per heavy atom. The third kappa shape index (κ3) is 7.19. The van der Waals surface area contributed by atoms with Gasteiger partial charge in [-0.1, -0.05) is 30.3 Å². The van der Waals surface area contributed by atoms with Crippen LogP contribution in [0.15, 0.2) is 30.3 Å². The van der Waals surface area contributed by atoms with E-state index in [4.69, 9.17) is 0 Å². The molecule has 126 valence electrons. The van der Waals surface area contributed by atoms with Gasteiger partial charge in [0, 0.05) is 13.3 Å². The van der Waals surface area contributed by atoms with Crippen LogP contribution in [0.5, 0.6) is 0 Å². The molecule has 0 aliphatic carbocycles. The van der Waals surface area contributed by atoms with Crippen LogP contribution >= 0.6 is 11.8 Å². The maximum absolute atomic E-state index is 12.4. The molecular formula is C16H22N2O4S. The Morgan fingerprint density at radius 3 is 2.30 bits per heavy atom. The van der Waals surface area contributed by atoms with Gasteiger partial charge < -0.3 is 15.7 Å². The van der Waals surface area contributed by atoms with Gasteiger partial charge in [0.15, 0.2) is 0 Å².